The van der Waals surface area contributed by atoms with Crippen LogP contribution in [-0.4, -0.2) is 30.1 Å². The van der Waals surface area contributed by atoms with Gasteiger partial charge in [0, 0.05) is 19.0 Å². The molecule has 11 heavy (non-hydrogen) atoms. The van der Waals surface area contributed by atoms with Crippen LogP contribution in [0.1, 0.15) is 26.2 Å². The van der Waals surface area contributed by atoms with Crippen LogP contribution in [0.5, 0.6) is 0 Å². The maximum absolute atomic E-state index is 8.75. The molecule has 1 rings (SSSR count). The van der Waals surface area contributed by atoms with E-state index in [9.17, 15) is 0 Å². The molecule has 0 bridgehead atoms. The van der Waals surface area contributed by atoms with Crippen molar-refractivity contribution < 1.29 is 5.11 Å². The number of amidine groups is 1. The van der Waals surface area contributed by atoms with E-state index in [0.29, 0.717) is 0 Å². The maximum Gasteiger partial charge on any atom is 0.0965 e. The molecule has 0 saturated heterocycles. The highest BCUT2D eigenvalue weighted by Crippen LogP contribution is 2.04. The minimum Gasteiger partial charge on any atom is -0.394 e. The van der Waals surface area contributed by atoms with E-state index in [0.717, 1.165) is 18.8 Å². The van der Waals surface area contributed by atoms with Crippen LogP contribution in [0.15, 0.2) is 4.99 Å². The molecule has 0 aromatic heterocycles. The van der Waals surface area contributed by atoms with Gasteiger partial charge >= 0.3 is 0 Å². The first-order valence-electron chi connectivity index (χ1n) is 4.23. The van der Waals surface area contributed by atoms with Gasteiger partial charge in [-0.1, -0.05) is 0 Å². The van der Waals surface area contributed by atoms with Crippen molar-refractivity contribution in [3.8, 4) is 0 Å². The highest BCUT2D eigenvalue weighted by atomic mass is 16.3. The molecule has 2 N–H and O–H groups in total. The molecule has 0 amide bonds. The van der Waals surface area contributed by atoms with Crippen LogP contribution in [0.3, 0.4) is 0 Å². The Bertz CT molecular complexity index is 145. The number of aliphatic imine (C=N–C) groups is 1. The van der Waals surface area contributed by atoms with Crippen LogP contribution < -0.4 is 5.32 Å². The fourth-order valence-corrected chi connectivity index (χ4v) is 1.15. The molecule has 0 aliphatic carbocycles. The lowest BCUT2D eigenvalue weighted by atomic mass is 10.1. The van der Waals surface area contributed by atoms with Crippen molar-refractivity contribution in [3.05, 3.63) is 0 Å². The molecule has 1 heterocycles. The number of rotatable bonds is 2. The van der Waals surface area contributed by atoms with Crippen LogP contribution in [0.2, 0.25) is 0 Å². The summed E-state index contributed by atoms with van der Waals surface area (Å²) in [5.41, 5.74) is 0. The Hall–Kier alpha value is -0.570. The number of aliphatic hydroxyl groups is 1. The fraction of sp³-hybridized carbons (Fsp3) is 0.875. The predicted octanol–water partition coefficient (Wildman–Crippen LogP) is 0.539. The average Bonchev–Trinajstić information content (AvgIpc) is 2.06. The summed E-state index contributed by atoms with van der Waals surface area (Å²) in [6.07, 6.45) is 3.48. The predicted molar refractivity (Wildman–Crippen MR) is 45.8 cm³/mol. The normalized spacial score (nSPS) is 20.7. The molecule has 0 fully saturated rings. The number of aliphatic hydroxyl groups excluding tert-OH is 1. The zero-order valence-electron chi connectivity index (χ0n) is 7.01. The van der Waals surface area contributed by atoms with Gasteiger partial charge in [0.1, 0.15) is 0 Å². The molecule has 64 valence electrons. The van der Waals surface area contributed by atoms with Crippen molar-refractivity contribution in [1.29, 1.82) is 0 Å². The van der Waals surface area contributed by atoms with Gasteiger partial charge < -0.3 is 10.4 Å². The van der Waals surface area contributed by atoms with Gasteiger partial charge in [-0.2, -0.15) is 0 Å². The highest BCUT2D eigenvalue weighted by molar-refractivity contribution is 5.82. The van der Waals surface area contributed by atoms with Crippen molar-refractivity contribution in [2.75, 3.05) is 13.2 Å². The molecule has 1 unspecified atom stereocenters. The number of hydrogen-bond acceptors (Lipinski definition) is 3. The summed E-state index contributed by atoms with van der Waals surface area (Å²) in [4.78, 5) is 4.31. The van der Waals surface area contributed by atoms with Crippen LogP contribution in [0.4, 0.5) is 0 Å². The highest BCUT2D eigenvalue weighted by Gasteiger charge is 2.06. The molecule has 1 aliphatic rings. The minimum absolute atomic E-state index is 0.145. The molecule has 0 saturated carbocycles. The molecular weight excluding hydrogens is 140 g/mol. The summed E-state index contributed by atoms with van der Waals surface area (Å²) in [5, 5.41) is 11.9. The number of nitrogens with zero attached hydrogens (tertiary/aromatic N) is 1. The Balaban J connectivity index is 2.29. The van der Waals surface area contributed by atoms with Gasteiger partial charge in [-0.15, -0.1) is 0 Å². The monoisotopic (exact) mass is 156 g/mol. The van der Waals surface area contributed by atoms with Crippen molar-refractivity contribution in [3.63, 3.8) is 0 Å². The van der Waals surface area contributed by atoms with Crippen LogP contribution in [0.25, 0.3) is 0 Å². The quantitative estimate of drug-likeness (QED) is 0.613. The molecule has 1 aliphatic heterocycles. The molecule has 3 heteroatoms. The summed E-state index contributed by atoms with van der Waals surface area (Å²) in [5.74, 6) is 1.07. The summed E-state index contributed by atoms with van der Waals surface area (Å²) in [7, 11) is 0. The van der Waals surface area contributed by atoms with E-state index in [2.05, 4.69) is 10.3 Å². The lowest BCUT2D eigenvalue weighted by molar-refractivity contribution is 0.263. The van der Waals surface area contributed by atoms with Gasteiger partial charge in [0.05, 0.1) is 12.4 Å². The van der Waals surface area contributed by atoms with E-state index < -0.39 is 0 Å². The van der Waals surface area contributed by atoms with E-state index in [4.69, 9.17) is 5.11 Å². The Kier molecular flexibility index (Phi) is 3.36. The molecule has 0 radical (unpaired) electrons. The Morgan fingerprint density at radius 2 is 2.45 bits per heavy atom. The van der Waals surface area contributed by atoms with E-state index in [1.54, 1.807) is 0 Å². The van der Waals surface area contributed by atoms with Gasteiger partial charge in [0.2, 0.25) is 0 Å². The lowest BCUT2D eigenvalue weighted by Gasteiger charge is -2.17. The Labute approximate surface area is 67.5 Å². The van der Waals surface area contributed by atoms with E-state index in [-0.39, 0.29) is 12.6 Å². The van der Waals surface area contributed by atoms with Gasteiger partial charge in [-0.3, -0.25) is 4.99 Å². The van der Waals surface area contributed by atoms with Crippen LogP contribution in [0, 0.1) is 0 Å². The average molecular weight is 156 g/mol. The first-order chi connectivity index (χ1) is 5.33. The standard InChI is InChI=1S/C8H16N2O/c1-7(6-11)10-8-4-2-3-5-9-8/h7,11H,2-6H2,1H3,(H,9,10). The second kappa shape index (κ2) is 4.34. The number of nitrogens with one attached hydrogen (secondary N) is 1. The van der Waals surface area contributed by atoms with Gasteiger partial charge in [-0.05, 0) is 19.8 Å². The van der Waals surface area contributed by atoms with Gasteiger partial charge in [0.25, 0.3) is 0 Å². The van der Waals surface area contributed by atoms with Gasteiger partial charge in [0.15, 0.2) is 0 Å². The maximum atomic E-state index is 8.75. The fourth-order valence-electron chi connectivity index (χ4n) is 1.15. The molecular formula is C8H16N2O. The third-order valence-electron chi connectivity index (χ3n) is 1.81. The van der Waals surface area contributed by atoms with Crippen molar-refractivity contribution in [2.24, 2.45) is 4.99 Å². The second-order valence-corrected chi connectivity index (χ2v) is 3.01. The molecule has 1 atom stereocenters. The SMILES string of the molecule is CC(CO)NC1=NCCCC1. The molecule has 0 spiro atoms. The Morgan fingerprint density at radius 3 is 3.00 bits per heavy atom. The molecule has 0 aromatic rings. The third kappa shape index (κ3) is 2.89. The summed E-state index contributed by atoms with van der Waals surface area (Å²) in [6, 6.07) is 0.145. The van der Waals surface area contributed by atoms with E-state index in [1.165, 1.54) is 12.8 Å². The number of hydrogen-bond donors (Lipinski definition) is 2. The van der Waals surface area contributed by atoms with Crippen molar-refractivity contribution in [1.82, 2.24) is 5.32 Å². The Morgan fingerprint density at radius 1 is 1.64 bits per heavy atom. The van der Waals surface area contributed by atoms with Gasteiger partial charge in [-0.25, -0.2) is 0 Å². The van der Waals surface area contributed by atoms with Crippen LogP contribution >= 0.6 is 0 Å². The molecule has 3 nitrogen and oxygen atoms in total. The first-order valence-corrected chi connectivity index (χ1v) is 4.23. The zero-order valence-corrected chi connectivity index (χ0v) is 7.01. The lowest BCUT2D eigenvalue weighted by Crippen LogP contribution is -2.36. The summed E-state index contributed by atoms with van der Waals surface area (Å²) in [6.45, 7) is 3.08. The summed E-state index contributed by atoms with van der Waals surface area (Å²) < 4.78 is 0. The summed E-state index contributed by atoms with van der Waals surface area (Å²) >= 11 is 0. The topological polar surface area (TPSA) is 44.6 Å². The van der Waals surface area contributed by atoms with E-state index >= 15 is 0 Å². The van der Waals surface area contributed by atoms with Crippen molar-refractivity contribution in [2.45, 2.75) is 32.2 Å². The minimum atomic E-state index is 0.145. The second-order valence-electron chi connectivity index (χ2n) is 3.01. The third-order valence-corrected chi connectivity index (χ3v) is 1.81. The first kappa shape index (κ1) is 8.53. The van der Waals surface area contributed by atoms with Crippen LogP contribution in [-0.2, 0) is 0 Å². The molecule has 0 aromatic carbocycles. The smallest absolute Gasteiger partial charge is 0.0965 e. The zero-order chi connectivity index (χ0) is 8.10. The van der Waals surface area contributed by atoms with E-state index in [1.807, 2.05) is 6.92 Å². The largest absolute Gasteiger partial charge is 0.394 e. The van der Waals surface area contributed by atoms with Crippen molar-refractivity contribution >= 4 is 5.84 Å².